The highest BCUT2D eigenvalue weighted by atomic mass is 16.5. The Hall–Kier alpha value is -2.08. The number of ether oxygens (including phenoxy) is 1. The lowest BCUT2D eigenvalue weighted by Gasteiger charge is -2.32. The van der Waals surface area contributed by atoms with Gasteiger partial charge in [0.15, 0.2) is 0 Å². The van der Waals surface area contributed by atoms with E-state index in [-0.39, 0.29) is 5.97 Å². The zero-order valence-corrected chi connectivity index (χ0v) is 13.8. The van der Waals surface area contributed by atoms with Gasteiger partial charge in [0.05, 0.1) is 24.4 Å². The number of carbonyl (C=O) groups excluding carboxylic acids is 1. The Balaban J connectivity index is 1.64. The first kappa shape index (κ1) is 15.8. The first-order chi connectivity index (χ1) is 11.2. The monoisotopic (exact) mass is 316 g/mol. The van der Waals surface area contributed by atoms with Gasteiger partial charge in [0.25, 0.3) is 0 Å². The van der Waals surface area contributed by atoms with Gasteiger partial charge in [-0.15, -0.1) is 0 Å². The summed E-state index contributed by atoms with van der Waals surface area (Å²) in [7, 11) is 2.08. The number of hydrogen-bond acceptors (Lipinski definition) is 4. The highest BCUT2D eigenvalue weighted by molar-refractivity contribution is 5.88. The molecule has 2 aromatic heterocycles. The molecule has 1 aliphatic rings. The van der Waals surface area contributed by atoms with Crippen molar-refractivity contribution in [3.63, 3.8) is 0 Å². The van der Waals surface area contributed by atoms with E-state index in [1.165, 1.54) is 5.69 Å². The van der Waals surface area contributed by atoms with Crippen LogP contribution in [-0.2, 0) is 18.3 Å². The second-order valence-electron chi connectivity index (χ2n) is 6.07. The fourth-order valence-electron chi connectivity index (χ4n) is 3.14. The smallest absolute Gasteiger partial charge is 0.341 e. The lowest BCUT2D eigenvalue weighted by molar-refractivity contribution is 0.0526. The second kappa shape index (κ2) is 7.00. The Labute approximate surface area is 136 Å². The molecule has 1 saturated heterocycles. The number of rotatable bonds is 5. The van der Waals surface area contributed by atoms with Gasteiger partial charge in [0, 0.05) is 38.2 Å². The third-order valence-corrected chi connectivity index (χ3v) is 4.40. The Morgan fingerprint density at radius 3 is 3.09 bits per heavy atom. The number of hydrogen-bond donors (Lipinski definition) is 0. The van der Waals surface area contributed by atoms with Crippen molar-refractivity contribution < 1.29 is 9.53 Å². The van der Waals surface area contributed by atoms with Gasteiger partial charge >= 0.3 is 5.97 Å². The Kier molecular flexibility index (Phi) is 4.81. The minimum absolute atomic E-state index is 0.296. The average Bonchev–Trinajstić information content (AvgIpc) is 3.18. The van der Waals surface area contributed by atoms with Crippen LogP contribution in [0, 0.1) is 0 Å². The van der Waals surface area contributed by atoms with Crippen molar-refractivity contribution in [1.29, 1.82) is 0 Å². The maximum Gasteiger partial charge on any atom is 0.341 e. The molecule has 0 amide bonds. The SMILES string of the molecule is CCOC(=O)c1cnn([C@@H]2CCCN(Cc3cccn3C)C2)c1. The van der Waals surface area contributed by atoms with Gasteiger partial charge in [-0.05, 0) is 38.4 Å². The predicted molar refractivity (Wildman–Crippen MR) is 87.1 cm³/mol. The first-order valence-corrected chi connectivity index (χ1v) is 8.21. The van der Waals surface area contributed by atoms with Gasteiger partial charge in [-0.1, -0.05) is 0 Å². The average molecular weight is 316 g/mol. The molecule has 1 fully saturated rings. The van der Waals surface area contributed by atoms with Gasteiger partial charge < -0.3 is 9.30 Å². The van der Waals surface area contributed by atoms with Crippen LogP contribution >= 0.6 is 0 Å². The molecule has 3 heterocycles. The molecule has 0 aliphatic carbocycles. The molecule has 0 aromatic carbocycles. The van der Waals surface area contributed by atoms with E-state index in [1.54, 1.807) is 6.20 Å². The van der Waals surface area contributed by atoms with Crippen LogP contribution in [0.3, 0.4) is 0 Å². The van der Waals surface area contributed by atoms with Crippen molar-refractivity contribution in [3.05, 3.63) is 42.0 Å². The molecule has 0 unspecified atom stereocenters. The molecule has 0 bridgehead atoms. The minimum Gasteiger partial charge on any atom is -0.462 e. The molecule has 1 atom stereocenters. The van der Waals surface area contributed by atoms with Crippen LogP contribution in [0.5, 0.6) is 0 Å². The first-order valence-electron chi connectivity index (χ1n) is 8.21. The summed E-state index contributed by atoms with van der Waals surface area (Å²) >= 11 is 0. The van der Waals surface area contributed by atoms with E-state index in [0.29, 0.717) is 18.2 Å². The van der Waals surface area contributed by atoms with Gasteiger partial charge in [-0.25, -0.2) is 4.79 Å². The number of nitrogens with zero attached hydrogens (tertiary/aromatic N) is 4. The summed E-state index contributed by atoms with van der Waals surface area (Å²) in [5, 5.41) is 4.38. The maximum atomic E-state index is 11.8. The summed E-state index contributed by atoms with van der Waals surface area (Å²) in [6.07, 6.45) is 7.73. The number of aryl methyl sites for hydroxylation is 1. The van der Waals surface area contributed by atoms with Crippen LogP contribution in [0.4, 0.5) is 0 Å². The van der Waals surface area contributed by atoms with Crippen molar-refractivity contribution in [2.75, 3.05) is 19.7 Å². The van der Waals surface area contributed by atoms with Crippen molar-refractivity contribution in [2.24, 2.45) is 7.05 Å². The molecule has 2 aromatic rings. The van der Waals surface area contributed by atoms with Crippen molar-refractivity contribution >= 4 is 5.97 Å². The largest absolute Gasteiger partial charge is 0.462 e. The fourth-order valence-corrected chi connectivity index (χ4v) is 3.14. The topological polar surface area (TPSA) is 52.3 Å². The van der Waals surface area contributed by atoms with E-state index in [2.05, 4.69) is 39.9 Å². The van der Waals surface area contributed by atoms with E-state index in [1.807, 2.05) is 17.8 Å². The van der Waals surface area contributed by atoms with Gasteiger partial charge in [0.2, 0.25) is 0 Å². The molecule has 23 heavy (non-hydrogen) atoms. The van der Waals surface area contributed by atoms with E-state index in [9.17, 15) is 4.79 Å². The number of piperidine rings is 1. The number of carbonyl (C=O) groups is 1. The van der Waals surface area contributed by atoms with E-state index >= 15 is 0 Å². The molecule has 1 aliphatic heterocycles. The van der Waals surface area contributed by atoms with Crippen LogP contribution in [0.15, 0.2) is 30.7 Å². The summed E-state index contributed by atoms with van der Waals surface area (Å²) in [6, 6.07) is 4.55. The molecule has 0 saturated carbocycles. The Morgan fingerprint density at radius 2 is 2.35 bits per heavy atom. The highest BCUT2D eigenvalue weighted by Crippen LogP contribution is 2.22. The lowest BCUT2D eigenvalue weighted by Crippen LogP contribution is -2.36. The zero-order chi connectivity index (χ0) is 16.2. The maximum absolute atomic E-state index is 11.8. The van der Waals surface area contributed by atoms with Crippen LogP contribution in [0.2, 0.25) is 0 Å². The minimum atomic E-state index is -0.296. The third kappa shape index (κ3) is 3.64. The molecular formula is C17H24N4O2. The van der Waals surface area contributed by atoms with Gasteiger partial charge in [-0.2, -0.15) is 5.10 Å². The van der Waals surface area contributed by atoms with Crippen molar-refractivity contribution in [2.45, 2.75) is 32.4 Å². The highest BCUT2D eigenvalue weighted by Gasteiger charge is 2.23. The molecule has 0 N–H and O–H groups in total. The van der Waals surface area contributed by atoms with Crippen LogP contribution in [0.1, 0.15) is 41.9 Å². The molecule has 0 radical (unpaired) electrons. The lowest BCUT2D eigenvalue weighted by atomic mass is 10.1. The molecule has 0 spiro atoms. The quantitative estimate of drug-likeness (QED) is 0.794. The number of likely N-dealkylation sites (tertiary alicyclic amines) is 1. The van der Waals surface area contributed by atoms with E-state index in [0.717, 1.165) is 32.5 Å². The molecule has 6 nitrogen and oxygen atoms in total. The summed E-state index contributed by atoms with van der Waals surface area (Å²) in [4.78, 5) is 14.2. The summed E-state index contributed by atoms with van der Waals surface area (Å²) < 4.78 is 9.11. The molecular weight excluding hydrogens is 292 g/mol. The molecule has 3 rings (SSSR count). The summed E-state index contributed by atoms with van der Waals surface area (Å²) in [5.41, 5.74) is 1.85. The number of esters is 1. The normalized spacial score (nSPS) is 19.0. The summed E-state index contributed by atoms with van der Waals surface area (Å²) in [5.74, 6) is -0.296. The van der Waals surface area contributed by atoms with Crippen LogP contribution < -0.4 is 0 Å². The zero-order valence-electron chi connectivity index (χ0n) is 13.8. The predicted octanol–water partition coefficient (Wildman–Crippen LogP) is 2.24. The van der Waals surface area contributed by atoms with Crippen molar-refractivity contribution in [3.8, 4) is 0 Å². The van der Waals surface area contributed by atoms with Crippen LogP contribution in [-0.4, -0.2) is 44.9 Å². The molecule has 124 valence electrons. The molecule has 6 heteroatoms. The van der Waals surface area contributed by atoms with Gasteiger partial charge in [0.1, 0.15) is 0 Å². The van der Waals surface area contributed by atoms with Crippen LogP contribution in [0.25, 0.3) is 0 Å². The van der Waals surface area contributed by atoms with E-state index < -0.39 is 0 Å². The van der Waals surface area contributed by atoms with Crippen molar-refractivity contribution in [1.82, 2.24) is 19.2 Å². The second-order valence-corrected chi connectivity index (χ2v) is 6.07. The standard InChI is InChI=1S/C17H24N4O2/c1-3-23-17(22)14-10-18-21(11-14)16-7-5-9-20(13-16)12-15-6-4-8-19(15)2/h4,6,8,10-11,16H,3,5,7,9,12-13H2,1-2H3/t16-/m1/s1. The fraction of sp³-hybridized carbons (Fsp3) is 0.529. The number of aromatic nitrogens is 3. The van der Waals surface area contributed by atoms with E-state index in [4.69, 9.17) is 4.74 Å². The Morgan fingerprint density at radius 1 is 1.48 bits per heavy atom. The summed E-state index contributed by atoms with van der Waals surface area (Å²) in [6.45, 7) is 5.21. The third-order valence-electron chi connectivity index (χ3n) is 4.40. The van der Waals surface area contributed by atoms with Gasteiger partial charge in [-0.3, -0.25) is 9.58 Å². The Bertz CT molecular complexity index is 661.